The summed E-state index contributed by atoms with van der Waals surface area (Å²) in [6, 6.07) is 7.89. The van der Waals surface area contributed by atoms with Crippen molar-refractivity contribution in [1.82, 2.24) is 24.7 Å². The summed E-state index contributed by atoms with van der Waals surface area (Å²) in [6.07, 6.45) is 4.63. The first-order chi connectivity index (χ1) is 13.3. The van der Waals surface area contributed by atoms with E-state index in [9.17, 15) is 4.79 Å². The van der Waals surface area contributed by atoms with Gasteiger partial charge in [0.2, 0.25) is 5.89 Å². The summed E-state index contributed by atoms with van der Waals surface area (Å²) < 4.78 is 13.5. The third-order valence-corrected chi connectivity index (χ3v) is 5.81. The van der Waals surface area contributed by atoms with E-state index in [1.807, 2.05) is 28.9 Å². The highest BCUT2D eigenvalue weighted by atomic mass is 32.2. The maximum Gasteiger partial charge on any atom is 0.261 e. The van der Waals surface area contributed by atoms with Crippen LogP contribution < -0.4 is 5.56 Å². The molecule has 5 rings (SSSR count). The van der Waals surface area contributed by atoms with Gasteiger partial charge in [-0.2, -0.15) is 5.10 Å². The molecule has 0 spiro atoms. The summed E-state index contributed by atoms with van der Waals surface area (Å²) in [4.78, 5) is 23.3. The number of oxazole rings is 1. The summed E-state index contributed by atoms with van der Waals surface area (Å²) in [5, 5.41) is 4.91. The topological polar surface area (TPSA) is 98.8 Å². The van der Waals surface area contributed by atoms with Crippen LogP contribution in [-0.4, -0.2) is 36.8 Å². The summed E-state index contributed by atoms with van der Waals surface area (Å²) in [7, 11) is 0. The summed E-state index contributed by atoms with van der Waals surface area (Å²) in [5.74, 6) is 1.34. The maximum absolute atomic E-state index is 11.9. The van der Waals surface area contributed by atoms with Gasteiger partial charge in [-0.3, -0.25) is 4.79 Å². The van der Waals surface area contributed by atoms with E-state index in [1.165, 1.54) is 6.33 Å². The Morgan fingerprint density at radius 3 is 3.19 bits per heavy atom. The lowest BCUT2D eigenvalue weighted by molar-refractivity contribution is 0.0450. The summed E-state index contributed by atoms with van der Waals surface area (Å²) >= 11 is 1.67. The van der Waals surface area contributed by atoms with Gasteiger partial charge in [0, 0.05) is 6.42 Å². The molecule has 8 nitrogen and oxygen atoms in total. The fourth-order valence-electron chi connectivity index (χ4n) is 3.37. The fraction of sp³-hybridized carbons (Fsp3) is 0.333. The Hall–Kier alpha value is -2.65. The molecule has 1 N–H and O–H groups in total. The van der Waals surface area contributed by atoms with Crippen molar-refractivity contribution in [3.63, 3.8) is 0 Å². The van der Waals surface area contributed by atoms with Gasteiger partial charge in [-0.25, -0.2) is 14.6 Å². The van der Waals surface area contributed by atoms with Crippen LogP contribution in [0.3, 0.4) is 0 Å². The fourth-order valence-corrected chi connectivity index (χ4v) is 4.37. The van der Waals surface area contributed by atoms with E-state index in [4.69, 9.17) is 9.15 Å². The molecule has 0 radical (unpaired) electrons. The highest BCUT2D eigenvalue weighted by molar-refractivity contribution is 7.98. The zero-order valence-corrected chi connectivity index (χ0v) is 15.2. The largest absolute Gasteiger partial charge is 0.440 e. The summed E-state index contributed by atoms with van der Waals surface area (Å²) in [6.45, 7) is 0.639. The zero-order chi connectivity index (χ0) is 18.2. The Morgan fingerprint density at radius 2 is 2.26 bits per heavy atom. The molecule has 1 aliphatic rings. The Labute approximate surface area is 157 Å². The van der Waals surface area contributed by atoms with Gasteiger partial charge in [-0.1, -0.05) is 12.1 Å². The van der Waals surface area contributed by atoms with Crippen LogP contribution in [0.5, 0.6) is 0 Å². The number of H-pyrrole nitrogens is 1. The molecule has 27 heavy (non-hydrogen) atoms. The lowest BCUT2D eigenvalue weighted by atomic mass is 10.1. The number of aromatic amines is 1. The van der Waals surface area contributed by atoms with E-state index in [2.05, 4.69) is 20.1 Å². The number of para-hydroxylation sites is 2. The van der Waals surface area contributed by atoms with Gasteiger partial charge in [0.05, 0.1) is 30.9 Å². The maximum atomic E-state index is 11.9. The average Bonchev–Trinajstić information content (AvgIpc) is 3.31. The molecular formula is C18H17N5O3S. The van der Waals surface area contributed by atoms with E-state index in [0.717, 1.165) is 23.9 Å². The predicted octanol–water partition coefficient (Wildman–Crippen LogP) is 2.87. The number of ether oxygens (including phenoxy) is 1. The third kappa shape index (κ3) is 3.13. The molecule has 0 saturated carbocycles. The molecule has 1 aromatic carbocycles. The number of hydrogen-bond donors (Lipinski definition) is 1. The van der Waals surface area contributed by atoms with Gasteiger partial charge in [-0.15, -0.1) is 11.8 Å². The molecule has 0 bridgehead atoms. The third-order valence-electron chi connectivity index (χ3n) is 4.69. The molecule has 0 amide bonds. The minimum absolute atomic E-state index is 0.0139. The van der Waals surface area contributed by atoms with Crippen molar-refractivity contribution >= 4 is 33.9 Å². The Morgan fingerprint density at radius 1 is 1.33 bits per heavy atom. The highest BCUT2D eigenvalue weighted by Crippen LogP contribution is 2.33. The quantitative estimate of drug-likeness (QED) is 0.578. The number of rotatable bonds is 4. The van der Waals surface area contributed by atoms with Crippen molar-refractivity contribution in [2.24, 2.45) is 0 Å². The summed E-state index contributed by atoms with van der Waals surface area (Å²) in [5.41, 5.74) is 2.14. The predicted molar refractivity (Wildman–Crippen MR) is 101 cm³/mol. The van der Waals surface area contributed by atoms with E-state index < -0.39 is 0 Å². The van der Waals surface area contributed by atoms with E-state index >= 15 is 0 Å². The van der Waals surface area contributed by atoms with Crippen LogP contribution in [0, 0.1) is 0 Å². The first-order valence-corrected chi connectivity index (χ1v) is 9.81. The average molecular weight is 383 g/mol. The molecule has 2 unspecified atom stereocenters. The lowest BCUT2D eigenvalue weighted by Crippen LogP contribution is -2.26. The van der Waals surface area contributed by atoms with Gasteiger partial charge in [0.1, 0.15) is 16.3 Å². The molecule has 1 aliphatic heterocycles. The van der Waals surface area contributed by atoms with E-state index in [-0.39, 0.29) is 17.0 Å². The molecule has 4 heterocycles. The highest BCUT2D eigenvalue weighted by Gasteiger charge is 2.27. The second-order valence-electron chi connectivity index (χ2n) is 6.42. The molecule has 3 aromatic heterocycles. The molecule has 0 aliphatic carbocycles. The minimum Gasteiger partial charge on any atom is -0.440 e. The standard InChI is InChI=1S/C18H17N5O3S/c24-18-12-8-21-23(17(12)19-10-20-18)11-5-6-25-16(7-11)27-9-15-22-13-3-1-2-4-14(13)26-15/h1-4,8,10-11,16H,5-7,9H2,(H,19,20,24). The molecule has 1 saturated heterocycles. The van der Waals surface area contributed by atoms with Crippen LogP contribution in [0.4, 0.5) is 0 Å². The Balaban J connectivity index is 1.30. The number of aromatic nitrogens is 5. The van der Waals surface area contributed by atoms with Crippen LogP contribution in [0.15, 0.2) is 46.0 Å². The van der Waals surface area contributed by atoms with E-state index in [0.29, 0.717) is 29.3 Å². The SMILES string of the molecule is O=c1[nH]cnc2c1cnn2C1CCOC(SCc2nc3ccccc3o2)C1. The van der Waals surface area contributed by atoms with Gasteiger partial charge in [0.15, 0.2) is 11.2 Å². The van der Waals surface area contributed by atoms with Crippen molar-refractivity contribution < 1.29 is 9.15 Å². The normalized spacial score (nSPS) is 20.4. The number of thioether (sulfide) groups is 1. The monoisotopic (exact) mass is 383 g/mol. The number of nitrogens with zero attached hydrogens (tertiary/aromatic N) is 4. The van der Waals surface area contributed by atoms with Crippen LogP contribution in [0.2, 0.25) is 0 Å². The first-order valence-electron chi connectivity index (χ1n) is 8.76. The lowest BCUT2D eigenvalue weighted by Gasteiger charge is -2.29. The molecule has 138 valence electrons. The van der Waals surface area contributed by atoms with Crippen molar-refractivity contribution in [3.05, 3.63) is 53.0 Å². The van der Waals surface area contributed by atoms with Crippen molar-refractivity contribution in [2.75, 3.05) is 6.61 Å². The van der Waals surface area contributed by atoms with Gasteiger partial charge in [-0.05, 0) is 18.6 Å². The number of fused-ring (bicyclic) bond motifs is 2. The molecule has 2 atom stereocenters. The second-order valence-corrected chi connectivity index (χ2v) is 7.57. The Kier molecular flexibility index (Phi) is 4.17. The molecule has 9 heteroatoms. The molecule has 1 fully saturated rings. The second kappa shape index (κ2) is 6.82. The molecular weight excluding hydrogens is 366 g/mol. The Bertz CT molecular complexity index is 1120. The number of hydrogen-bond acceptors (Lipinski definition) is 7. The van der Waals surface area contributed by atoms with Crippen molar-refractivity contribution in [3.8, 4) is 0 Å². The molecule has 4 aromatic rings. The smallest absolute Gasteiger partial charge is 0.261 e. The van der Waals surface area contributed by atoms with Gasteiger partial charge < -0.3 is 14.1 Å². The van der Waals surface area contributed by atoms with Crippen LogP contribution in [-0.2, 0) is 10.5 Å². The zero-order valence-electron chi connectivity index (χ0n) is 14.4. The van der Waals surface area contributed by atoms with Crippen molar-refractivity contribution in [2.45, 2.75) is 30.1 Å². The van der Waals surface area contributed by atoms with Crippen LogP contribution >= 0.6 is 11.8 Å². The van der Waals surface area contributed by atoms with Crippen LogP contribution in [0.25, 0.3) is 22.1 Å². The van der Waals surface area contributed by atoms with Gasteiger partial charge >= 0.3 is 0 Å². The first kappa shape index (κ1) is 16.5. The number of nitrogens with one attached hydrogen (secondary N) is 1. The van der Waals surface area contributed by atoms with Crippen molar-refractivity contribution in [1.29, 1.82) is 0 Å². The minimum atomic E-state index is -0.166. The van der Waals surface area contributed by atoms with Gasteiger partial charge in [0.25, 0.3) is 5.56 Å². The van der Waals surface area contributed by atoms with Crippen LogP contribution in [0.1, 0.15) is 24.8 Å². The van der Waals surface area contributed by atoms with E-state index in [1.54, 1.807) is 18.0 Å². The number of benzene rings is 1.